The third kappa shape index (κ3) is 12.7. The van der Waals surface area contributed by atoms with Crippen LogP contribution in [-0.4, -0.2) is 47.6 Å². The van der Waals surface area contributed by atoms with Crippen molar-refractivity contribution in [2.45, 2.75) is 115 Å². The Morgan fingerprint density at radius 2 is 1.46 bits per heavy atom. The molecule has 0 aromatic carbocycles. The van der Waals surface area contributed by atoms with E-state index >= 15 is 0 Å². The summed E-state index contributed by atoms with van der Waals surface area (Å²) in [5, 5.41) is 20.5. The number of carbonyl (C=O) groups is 1. The number of ether oxygens (including phenoxy) is 1. The van der Waals surface area contributed by atoms with E-state index in [1.54, 1.807) is 0 Å². The first-order valence-corrected chi connectivity index (χ1v) is 10.9. The summed E-state index contributed by atoms with van der Waals surface area (Å²) in [5.41, 5.74) is 0. The minimum atomic E-state index is -0.853. The molecular formula is C21H41NO4. The van der Waals surface area contributed by atoms with Gasteiger partial charge in [-0.2, -0.15) is 0 Å². The Morgan fingerprint density at radius 3 is 2.04 bits per heavy atom. The number of amides is 1. The standard InChI is InChI=1S/C21H41NO4/c1-2-3-4-5-7-10-13-19-20(26-19)14-11-8-6-9-12-15-21(25)22-16-18(24)17-23/h18-20,23-24H,2-17H2,1H3,(H,22,25)/t18-,19?,20?/m0/s1. The highest BCUT2D eigenvalue weighted by molar-refractivity contribution is 5.75. The van der Waals surface area contributed by atoms with Crippen molar-refractivity contribution in [1.82, 2.24) is 5.32 Å². The van der Waals surface area contributed by atoms with Crippen LogP contribution in [0.5, 0.6) is 0 Å². The Labute approximate surface area is 159 Å². The molecule has 3 atom stereocenters. The van der Waals surface area contributed by atoms with Crippen LogP contribution in [0.2, 0.25) is 0 Å². The highest BCUT2D eigenvalue weighted by Gasteiger charge is 2.36. The van der Waals surface area contributed by atoms with E-state index < -0.39 is 6.10 Å². The van der Waals surface area contributed by atoms with Gasteiger partial charge >= 0.3 is 0 Å². The maximum atomic E-state index is 11.5. The zero-order chi connectivity index (χ0) is 19.0. The van der Waals surface area contributed by atoms with E-state index in [0.717, 1.165) is 12.8 Å². The fourth-order valence-electron chi connectivity index (χ4n) is 3.36. The second kappa shape index (κ2) is 15.4. The van der Waals surface area contributed by atoms with Crippen molar-refractivity contribution in [2.24, 2.45) is 0 Å². The summed E-state index contributed by atoms with van der Waals surface area (Å²) in [6, 6.07) is 0. The van der Waals surface area contributed by atoms with Crippen molar-refractivity contribution in [3.8, 4) is 0 Å². The van der Waals surface area contributed by atoms with Gasteiger partial charge < -0.3 is 20.3 Å². The maximum Gasteiger partial charge on any atom is 0.220 e. The molecule has 0 spiro atoms. The molecule has 1 amide bonds. The molecule has 1 aliphatic heterocycles. The van der Waals surface area contributed by atoms with Crippen LogP contribution in [0.4, 0.5) is 0 Å². The molecule has 26 heavy (non-hydrogen) atoms. The van der Waals surface area contributed by atoms with Gasteiger partial charge in [0, 0.05) is 13.0 Å². The third-order valence-corrected chi connectivity index (χ3v) is 5.17. The number of epoxide rings is 1. The van der Waals surface area contributed by atoms with Gasteiger partial charge in [0.1, 0.15) is 0 Å². The fraction of sp³-hybridized carbons (Fsp3) is 0.952. The van der Waals surface area contributed by atoms with Crippen LogP contribution < -0.4 is 5.32 Å². The predicted octanol–water partition coefficient (Wildman–Crippen LogP) is 3.70. The highest BCUT2D eigenvalue weighted by Crippen LogP contribution is 2.31. The van der Waals surface area contributed by atoms with Crippen LogP contribution in [0.15, 0.2) is 0 Å². The number of nitrogens with one attached hydrogen (secondary N) is 1. The quantitative estimate of drug-likeness (QED) is 0.253. The van der Waals surface area contributed by atoms with Gasteiger partial charge in [-0.15, -0.1) is 0 Å². The molecule has 1 fully saturated rings. The van der Waals surface area contributed by atoms with E-state index in [0.29, 0.717) is 18.6 Å². The van der Waals surface area contributed by atoms with E-state index in [1.807, 2.05) is 0 Å². The summed E-state index contributed by atoms with van der Waals surface area (Å²) in [6.45, 7) is 2.08. The number of rotatable bonds is 18. The first kappa shape index (κ1) is 23.4. The summed E-state index contributed by atoms with van der Waals surface area (Å²) in [5.74, 6) is -0.0404. The maximum absolute atomic E-state index is 11.5. The Balaban J connectivity index is 1.79. The smallest absolute Gasteiger partial charge is 0.220 e. The first-order valence-electron chi connectivity index (χ1n) is 10.9. The van der Waals surface area contributed by atoms with E-state index in [2.05, 4.69) is 12.2 Å². The normalized spacial score (nSPS) is 20.1. The molecule has 0 aromatic heterocycles. The summed E-state index contributed by atoms with van der Waals surface area (Å²) >= 11 is 0. The predicted molar refractivity (Wildman–Crippen MR) is 105 cm³/mol. The molecule has 0 radical (unpaired) electrons. The van der Waals surface area contributed by atoms with Gasteiger partial charge in [-0.05, 0) is 19.3 Å². The minimum Gasteiger partial charge on any atom is -0.394 e. The van der Waals surface area contributed by atoms with Gasteiger partial charge in [-0.25, -0.2) is 0 Å². The summed E-state index contributed by atoms with van der Waals surface area (Å²) in [4.78, 5) is 11.5. The fourth-order valence-corrected chi connectivity index (χ4v) is 3.36. The van der Waals surface area contributed by atoms with Crippen molar-refractivity contribution in [3.63, 3.8) is 0 Å². The number of aliphatic hydroxyl groups is 2. The largest absolute Gasteiger partial charge is 0.394 e. The Kier molecular flexibility index (Phi) is 13.9. The zero-order valence-corrected chi connectivity index (χ0v) is 16.8. The third-order valence-electron chi connectivity index (χ3n) is 5.17. The summed E-state index contributed by atoms with van der Waals surface area (Å²) < 4.78 is 5.77. The lowest BCUT2D eigenvalue weighted by Crippen LogP contribution is -2.33. The van der Waals surface area contributed by atoms with Crippen molar-refractivity contribution < 1.29 is 19.7 Å². The van der Waals surface area contributed by atoms with Crippen molar-refractivity contribution in [1.29, 1.82) is 0 Å². The lowest BCUT2D eigenvalue weighted by atomic mass is 10.0. The van der Waals surface area contributed by atoms with Gasteiger partial charge in [0.15, 0.2) is 0 Å². The van der Waals surface area contributed by atoms with Gasteiger partial charge in [-0.1, -0.05) is 71.1 Å². The van der Waals surface area contributed by atoms with E-state index in [1.165, 1.54) is 70.6 Å². The molecule has 1 saturated heterocycles. The van der Waals surface area contributed by atoms with Crippen LogP contribution in [0.25, 0.3) is 0 Å². The summed E-state index contributed by atoms with van der Waals surface area (Å²) in [6.07, 6.45) is 16.9. The van der Waals surface area contributed by atoms with Gasteiger partial charge in [0.05, 0.1) is 24.9 Å². The van der Waals surface area contributed by atoms with Crippen molar-refractivity contribution in [3.05, 3.63) is 0 Å². The van der Waals surface area contributed by atoms with Crippen LogP contribution in [0.1, 0.15) is 96.8 Å². The number of unbranched alkanes of at least 4 members (excludes halogenated alkanes) is 9. The molecule has 1 aliphatic rings. The zero-order valence-electron chi connectivity index (χ0n) is 16.8. The molecule has 2 unspecified atom stereocenters. The van der Waals surface area contributed by atoms with Crippen LogP contribution in [-0.2, 0) is 9.53 Å². The molecular weight excluding hydrogens is 330 g/mol. The number of carbonyl (C=O) groups excluding carboxylic acids is 1. The molecule has 1 heterocycles. The second-order valence-electron chi connectivity index (χ2n) is 7.72. The number of hydrogen-bond acceptors (Lipinski definition) is 4. The average molecular weight is 372 g/mol. The SMILES string of the molecule is CCCCCCCCC1OC1CCCCCCCC(=O)NC[C@H](O)CO. The highest BCUT2D eigenvalue weighted by atomic mass is 16.6. The molecule has 0 bridgehead atoms. The molecule has 0 aromatic rings. The molecule has 0 aliphatic carbocycles. The minimum absolute atomic E-state index is 0.0404. The molecule has 154 valence electrons. The second-order valence-corrected chi connectivity index (χ2v) is 7.72. The number of hydrogen-bond donors (Lipinski definition) is 3. The topological polar surface area (TPSA) is 82.1 Å². The van der Waals surface area contributed by atoms with E-state index in [-0.39, 0.29) is 19.1 Å². The van der Waals surface area contributed by atoms with E-state index in [9.17, 15) is 4.79 Å². The Morgan fingerprint density at radius 1 is 0.923 bits per heavy atom. The van der Waals surface area contributed by atoms with Crippen LogP contribution in [0, 0.1) is 0 Å². The molecule has 0 saturated carbocycles. The Bertz CT molecular complexity index is 351. The first-order chi connectivity index (χ1) is 12.7. The molecule has 1 rings (SSSR count). The Hall–Kier alpha value is -0.650. The van der Waals surface area contributed by atoms with Gasteiger partial charge in [0.25, 0.3) is 0 Å². The van der Waals surface area contributed by atoms with E-state index in [4.69, 9.17) is 14.9 Å². The molecule has 3 N–H and O–H groups in total. The van der Waals surface area contributed by atoms with Crippen molar-refractivity contribution in [2.75, 3.05) is 13.2 Å². The van der Waals surface area contributed by atoms with Crippen LogP contribution >= 0.6 is 0 Å². The summed E-state index contributed by atoms with van der Waals surface area (Å²) in [7, 11) is 0. The van der Waals surface area contributed by atoms with Crippen molar-refractivity contribution >= 4 is 5.91 Å². The molecule has 5 heteroatoms. The van der Waals surface area contributed by atoms with Crippen LogP contribution in [0.3, 0.4) is 0 Å². The van der Waals surface area contributed by atoms with Gasteiger partial charge in [0.2, 0.25) is 5.91 Å². The van der Waals surface area contributed by atoms with Gasteiger partial charge in [-0.3, -0.25) is 4.79 Å². The number of aliphatic hydroxyl groups excluding tert-OH is 2. The average Bonchev–Trinajstić information content (AvgIpc) is 3.39. The lowest BCUT2D eigenvalue weighted by Gasteiger charge is -2.08. The lowest BCUT2D eigenvalue weighted by molar-refractivity contribution is -0.121. The molecule has 5 nitrogen and oxygen atoms in total. The monoisotopic (exact) mass is 371 g/mol.